The zero-order valence-corrected chi connectivity index (χ0v) is 15.0. The van der Waals surface area contributed by atoms with Crippen molar-refractivity contribution in [3.63, 3.8) is 0 Å². The van der Waals surface area contributed by atoms with E-state index in [1.54, 1.807) is 13.2 Å². The van der Waals surface area contributed by atoms with Crippen LogP contribution < -0.4 is 10.6 Å². The first kappa shape index (κ1) is 18.6. The second kappa shape index (κ2) is 7.87. The summed E-state index contributed by atoms with van der Waals surface area (Å²) < 4.78 is 5.25. The quantitative estimate of drug-likeness (QED) is 0.772. The number of pyridine rings is 1. The number of urea groups is 1. The molecule has 3 amide bonds. The maximum absolute atomic E-state index is 11.9. The molecule has 2 heterocycles. The lowest BCUT2D eigenvalue weighted by atomic mass is 10.2. The lowest BCUT2D eigenvalue weighted by molar-refractivity contribution is 0.0301. The highest BCUT2D eigenvalue weighted by atomic mass is 16.6. The van der Waals surface area contributed by atoms with Gasteiger partial charge in [0.2, 0.25) is 0 Å². The van der Waals surface area contributed by atoms with Crippen LogP contribution in [0.25, 0.3) is 11.0 Å². The Morgan fingerprint density at radius 1 is 1.28 bits per heavy atom. The average Bonchev–Trinajstić information content (AvgIpc) is 3.00. The van der Waals surface area contributed by atoms with Gasteiger partial charge in [0.25, 0.3) is 0 Å². The maximum Gasteiger partial charge on any atom is 0.410 e. The van der Waals surface area contributed by atoms with Crippen LogP contribution in [0.1, 0.15) is 26.3 Å². The van der Waals surface area contributed by atoms with E-state index >= 15 is 0 Å². The van der Waals surface area contributed by atoms with E-state index in [2.05, 4.69) is 20.6 Å². The third-order valence-electron chi connectivity index (χ3n) is 3.43. The summed E-state index contributed by atoms with van der Waals surface area (Å²) >= 11 is 0. The highest BCUT2D eigenvalue weighted by molar-refractivity contribution is 5.80. The molecule has 0 atom stereocenters. The molecular formula is C17H25N5O3. The molecule has 0 aliphatic heterocycles. The molecule has 0 fully saturated rings. The van der Waals surface area contributed by atoms with E-state index in [1.807, 2.05) is 39.1 Å². The van der Waals surface area contributed by atoms with E-state index in [0.717, 1.165) is 16.6 Å². The number of aromatic amines is 1. The molecule has 2 rings (SSSR count). The number of likely N-dealkylation sites (N-methyl/N-ethyl adjacent to an activating group) is 1. The SMILES string of the molecule is CN(CCNC(=O)NCc1ccnc2[nH]ccc12)C(=O)OC(C)(C)C. The summed E-state index contributed by atoms with van der Waals surface area (Å²) in [7, 11) is 1.63. The third-order valence-corrected chi connectivity index (χ3v) is 3.43. The number of ether oxygens (including phenoxy) is 1. The monoisotopic (exact) mass is 347 g/mol. The van der Waals surface area contributed by atoms with Crippen molar-refractivity contribution >= 4 is 23.2 Å². The molecule has 0 aliphatic carbocycles. The number of nitrogens with one attached hydrogen (secondary N) is 3. The molecule has 8 nitrogen and oxygen atoms in total. The van der Waals surface area contributed by atoms with Crippen LogP contribution in [-0.4, -0.2) is 52.7 Å². The topological polar surface area (TPSA) is 99.4 Å². The number of carbonyl (C=O) groups is 2. The molecule has 0 aliphatic rings. The Kier molecular flexibility index (Phi) is 5.84. The predicted octanol–water partition coefficient (Wildman–Crippen LogP) is 2.23. The second-order valence-electron chi connectivity index (χ2n) is 6.72. The third kappa shape index (κ3) is 5.66. The van der Waals surface area contributed by atoms with Gasteiger partial charge in [0.05, 0.1) is 0 Å². The zero-order valence-electron chi connectivity index (χ0n) is 15.0. The Labute approximate surface area is 146 Å². The van der Waals surface area contributed by atoms with Gasteiger partial charge in [-0.2, -0.15) is 0 Å². The van der Waals surface area contributed by atoms with Gasteiger partial charge in [-0.1, -0.05) is 0 Å². The van der Waals surface area contributed by atoms with Crippen LogP contribution in [0.15, 0.2) is 24.5 Å². The molecule has 0 aromatic carbocycles. The highest BCUT2D eigenvalue weighted by Crippen LogP contribution is 2.14. The first-order chi connectivity index (χ1) is 11.8. The zero-order chi connectivity index (χ0) is 18.4. The largest absolute Gasteiger partial charge is 0.444 e. The van der Waals surface area contributed by atoms with Crippen LogP contribution in [0, 0.1) is 0 Å². The van der Waals surface area contributed by atoms with E-state index < -0.39 is 11.7 Å². The maximum atomic E-state index is 11.9. The van der Waals surface area contributed by atoms with Crippen LogP contribution in [0.2, 0.25) is 0 Å². The lowest BCUT2D eigenvalue weighted by Gasteiger charge is -2.24. The molecule has 0 saturated heterocycles. The minimum Gasteiger partial charge on any atom is -0.444 e. The van der Waals surface area contributed by atoms with Crippen LogP contribution in [0.3, 0.4) is 0 Å². The molecule has 136 valence electrons. The standard InChI is InChI=1S/C17H25N5O3/c1-17(2,3)25-16(24)22(4)10-9-20-15(23)21-11-12-5-7-18-14-13(12)6-8-19-14/h5-8H,9-11H2,1-4H3,(H,18,19)(H2,20,21,23). The van der Waals surface area contributed by atoms with Crippen molar-refractivity contribution in [3.8, 4) is 0 Å². The number of rotatable bonds is 5. The van der Waals surface area contributed by atoms with Crippen molar-refractivity contribution < 1.29 is 14.3 Å². The Morgan fingerprint density at radius 3 is 2.76 bits per heavy atom. The summed E-state index contributed by atoms with van der Waals surface area (Å²) in [5.74, 6) is 0. The van der Waals surface area contributed by atoms with Gasteiger partial charge in [0, 0.05) is 44.5 Å². The molecule has 2 aromatic heterocycles. The van der Waals surface area contributed by atoms with Crippen LogP contribution >= 0.6 is 0 Å². The van der Waals surface area contributed by atoms with Crippen LogP contribution in [0.4, 0.5) is 9.59 Å². The van der Waals surface area contributed by atoms with Crippen molar-refractivity contribution in [2.24, 2.45) is 0 Å². The van der Waals surface area contributed by atoms with Gasteiger partial charge in [-0.15, -0.1) is 0 Å². The molecule has 8 heteroatoms. The van der Waals surface area contributed by atoms with E-state index in [-0.39, 0.29) is 6.03 Å². The van der Waals surface area contributed by atoms with E-state index in [1.165, 1.54) is 4.90 Å². The molecule has 0 saturated carbocycles. The van der Waals surface area contributed by atoms with Crippen LogP contribution in [0.5, 0.6) is 0 Å². The van der Waals surface area contributed by atoms with Crippen molar-refractivity contribution in [1.29, 1.82) is 0 Å². The summed E-state index contributed by atoms with van der Waals surface area (Å²) in [5.41, 5.74) is 1.23. The smallest absolute Gasteiger partial charge is 0.410 e. The summed E-state index contributed by atoms with van der Waals surface area (Å²) in [6.07, 6.45) is 3.10. The Balaban J connectivity index is 1.72. The molecule has 3 N–H and O–H groups in total. The summed E-state index contributed by atoms with van der Waals surface area (Å²) in [5, 5.41) is 6.50. The van der Waals surface area contributed by atoms with Crippen molar-refractivity contribution in [2.75, 3.05) is 20.1 Å². The first-order valence-electron chi connectivity index (χ1n) is 8.13. The number of H-pyrrole nitrogens is 1. The summed E-state index contributed by atoms with van der Waals surface area (Å²) in [4.78, 5) is 32.4. The van der Waals surface area contributed by atoms with E-state index in [4.69, 9.17) is 4.74 Å². The predicted molar refractivity (Wildman–Crippen MR) is 95.2 cm³/mol. The Hall–Kier alpha value is -2.77. The summed E-state index contributed by atoms with van der Waals surface area (Å²) in [6, 6.07) is 3.50. The van der Waals surface area contributed by atoms with Gasteiger partial charge < -0.3 is 25.3 Å². The molecule has 0 radical (unpaired) electrons. The van der Waals surface area contributed by atoms with Gasteiger partial charge in [-0.05, 0) is 38.5 Å². The fraction of sp³-hybridized carbons (Fsp3) is 0.471. The number of hydrogen-bond acceptors (Lipinski definition) is 4. The van der Waals surface area contributed by atoms with Crippen LogP contribution in [-0.2, 0) is 11.3 Å². The minimum absolute atomic E-state index is 0.293. The molecular weight excluding hydrogens is 322 g/mol. The van der Waals surface area contributed by atoms with Gasteiger partial charge in [-0.25, -0.2) is 14.6 Å². The molecule has 0 spiro atoms. The summed E-state index contributed by atoms with van der Waals surface area (Å²) in [6.45, 7) is 6.52. The van der Waals surface area contributed by atoms with Gasteiger partial charge in [0.1, 0.15) is 11.2 Å². The van der Waals surface area contributed by atoms with Gasteiger partial charge >= 0.3 is 12.1 Å². The molecule has 0 bridgehead atoms. The Morgan fingerprint density at radius 2 is 2.04 bits per heavy atom. The molecule has 0 unspecified atom stereocenters. The Bertz CT molecular complexity index is 735. The molecule has 25 heavy (non-hydrogen) atoms. The second-order valence-corrected chi connectivity index (χ2v) is 6.72. The number of fused-ring (bicyclic) bond motifs is 1. The van der Waals surface area contributed by atoms with Gasteiger partial charge in [0.15, 0.2) is 0 Å². The van der Waals surface area contributed by atoms with Gasteiger partial charge in [-0.3, -0.25) is 0 Å². The van der Waals surface area contributed by atoms with Crippen molar-refractivity contribution in [1.82, 2.24) is 25.5 Å². The minimum atomic E-state index is -0.537. The van der Waals surface area contributed by atoms with E-state index in [9.17, 15) is 9.59 Å². The molecule has 2 aromatic rings. The van der Waals surface area contributed by atoms with Crippen molar-refractivity contribution in [2.45, 2.75) is 32.9 Å². The highest BCUT2D eigenvalue weighted by Gasteiger charge is 2.19. The first-order valence-corrected chi connectivity index (χ1v) is 8.13. The lowest BCUT2D eigenvalue weighted by Crippen LogP contribution is -2.42. The number of hydrogen-bond donors (Lipinski definition) is 3. The average molecular weight is 347 g/mol. The fourth-order valence-electron chi connectivity index (χ4n) is 2.18. The van der Waals surface area contributed by atoms with E-state index in [0.29, 0.717) is 19.6 Å². The fourth-order valence-corrected chi connectivity index (χ4v) is 2.18. The number of carbonyl (C=O) groups excluding carboxylic acids is 2. The van der Waals surface area contributed by atoms with Crippen molar-refractivity contribution in [3.05, 3.63) is 30.1 Å². The normalized spacial score (nSPS) is 11.2. The number of nitrogens with zero attached hydrogens (tertiary/aromatic N) is 2. The number of aromatic nitrogens is 2. The number of amides is 3.